The van der Waals surface area contributed by atoms with E-state index in [-0.39, 0.29) is 15.6 Å². The minimum Gasteiger partial charge on any atom is -0.258 e. The van der Waals surface area contributed by atoms with E-state index in [9.17, 15) is 18.5 Å². The van der Waals surface area contributed by atoms with Gasteiger partial charge in [0.05, 0.1) is 9.82 Å². The highest BCUT2D eigenvalue weighted by atomic mass is 32.2. The number of hydrogen-bond donors (Lipinski definition) is 0. The molecule has 0 saturated carbocycles. The van der Waals surface area contributed by atoms with Crippen LogP contribution in [0.3, 0.4) is 0 Å². The Balaban J connectivity index is 2.49. The number of benzene rings is 1. The molecule has 2 aromatic rings. The predicted molar refractivity (Wildman–Crippen MR) is 74.6 cm³/mol. The van der Waals surface area contributed by atoms with Gasteiger partial charge in [-0.3, -0.25) is 10.1 Å². The van der Waals surface area contributed by atoms with Gasteiger partial charge in [0.25, 0.3) is 0 Å². The molecule has 0 fully saturated rings. The Hall–Kier alpha value is -1.93. The van der Waals surface area contributed by atoms with E-state index in [1.54, 1.807) is 18.2 Å². The van der Waals surface area contributed by atoms with Crippen molar-refractivity contribution in [1.82, 2.24) is 4.98 Å². The average Bonchev–Trinajstić information content (AvgIpc) is 2.38. The van der Waals surface area contributed by atoms with Crippen molar-refractivity contribution in [3.63, 3.8) is 0 Å². The summed E-state index contributed by atoms with van der Waals surface area (Å²) in [6.07, 6.45) is 2.53. The fraction of sp³-hybridized carbons (Fsp3) is 0.0833. The Morgan fingerprint density at radius 3 is 2.55 bits per heavy atom. The molecule has 1 aromatic carbocycles. The second-order valence-corrected chi connectivity index (χ2v) is 6.92. The normalized spacial score (nSPS) is 11.2. The second kappa shape index (κ2) is 5.59. The molecule has 1 aromatic heterocycles. The SMILES string of the molecule is CS(=O)(=O)c1ccccc1Sc1ncccc1[N+](=O)[O-]. The summed E-state index contributed by atoms with van der Waals surface area (Å²) in [6.45, 7) is 0. The van der Waals surface area contributed by atoms with Crippen LogP contribution >= 0.6 is 11.8 Å². The summed E-state index contributed by atoms with van der Waals surface area (Å²) in [6, 6.07) is 9.13. The summed E-state index contributed by atoms with van der Waals surface area (Å²) in [5.41, 5.74) is -0.152. The van der Waals surface area contributed by atoms with E-state index in [2.05, 4.69) is 4.98 Å². The third-order valence-corrected chi connectivity index (χ3v) is 4.77. The molecule has 8 heteroatoms. The number of hydrogen-bond acceptors (Lipinski definition) is 6. The van der Waals surface area contributed by atoms with Crippen molar-refractivity contribution in [3.05, 3.63) is 52.7 Å². The highest BCUT2D eigenvalue weighted by molar-refractivity contribution is 8.00. The molecule has 2 rings (SSSR count). The standard InChI is InChI=1S/C12H10N2O4S2/c1-20(17,18)11-7-3-2-6-10(11)19-12-9(14(15)16)5-4-8-13-12/h2-8H,1H3. The van der Waals surface area contributed by atoms with Crippen molar-refractivity contribution in [2.75, 3.05) is 6.26 Å². The van der Waals surface area contributed by atoms with Crippen LogP contribution in [0.5, 0.6) is 0 Å². The van der Waals surface area contributed by atoms with Crippen LogP contribution in [-0.4, -0.2) is 24.6 Å². The molecule has 0 aliphatic rings. The van der Waals surface area contributed by atoms with Gasteiger partial charge in [-0.2, -0.15) is 0 Å². The molecule has 0 saturated heterocycles. The van der Waals surface area contributed by atoms with Crippen molar-refractivity contribution >= 4 is 27.3 Å². The van der Waals surface area contributed by atoms with Crippen molar-refractivity contribution < 1.29 is 13.3 Å². The molecule has 0 bridgehead atoms. The zero-order chi connectivity index (χ0) is 14.8. The Morgan fingerprint density at radius 1 is 1.20 bits per heavy atom. The quantitative estimate of drug-likeness (QED) is 0.636. The van der Waals surface area contributed by atoms with E-state index in [1.807, 2.05) is 0 Å². The Kier molecular flexibility index (Phi) is 4.05. The van der Waals surface area contributed by atoms with E-state index < -0.39 is 14.8 Å². The highest BCUT2D eigenvalue weighted by Gasteiger charge is 2.19. The first-order valence-electron chi connectivity index (χ1n) is 5.46. The number of pyridine rings is 1. The molecule has 0 atom stereocenters. The van der Waals surface area contributed by atoms with Gasteiger partial charge in [0.1, 0.15) is 0 Å². The average molecular weight is 310 g/mol. The summed E-state index contributed by atoms with van der Waals surface area (Å²) in [5.74, 6) is 0. The van der Waals surface area contributed by atoms with Crippen molar-refractivity contribution in [2.45, 2.75) is 14.8 Å². The molecule has 0 aliphatic heterocycles. The lowest BCUT2D eigenvalue weighted by molar-refractivity contribution is -0.388. The molecular formula is C12H10N2O4S2. The van der Waals surface area contributed by atoms with Gasteiger partial charge in [-0.25, -0.2) is 13.4 Å². The third-order valence-electron chi connectivity index (χ3n) is 2.40. The number of nitrogens with zero attached hydrogens (tertiary/aromatic N) is 2. The molecule has 104 valence electrons. The van der Waals surface area contributed by atoms with Crippen molar-refractivity contribution in [2.24, 2.45) is 0 Å². The number of rotatable bonds is 4. The van der Waals surface area contributed by atoms with Gasteiger partial charge < -0.3 is 0 Å². The lowest BCUT2D eigenvalue weighted by Crippen LogP contribution is -1.99. The molecule has 6 nitrogen and oxygen atoms in total. The summed E-state index contributed by atoms with van der Waals surface area (Å²) >= 11 is 0.964. The second-order valence-electron chi connectivity index (χ2n) is 3.91. The van der Waals surface area contributed by atoms with Gasteiger partial charge in [0.15, 0.2) is 14.9 Å². The molecule has 0 spiro atoms. The molecule has 0 radical (unpaired) electrons. The van der Waals surface area contributed by atoms with Crippen LogP contribution in [0.15, 0.2) is 57.4 Å². The van der Waals surface area contributed by atoms with Gasteiger partial charge in [-0.05, 0) is 18.2 Å². The molecule has 1 heterocycles. The maximum atomic E-state index is 11.7. The largest absolute Gasteiger partial charge is 0.301 e. The summed E-state index contributed by atoms with van der Waals surface area (Å²) < 4.78 is 23.4. The molecule has 0 unspecified atom stereocenters. The summed E-state index contributed by atoms with van der Waals surface area (Å²) in [4.78, 5) is 14.9. The first kappa shape index (κ1) is 14.5. The third kappa shape index (κ3) is 3.14. The van der Waals surface area contributed by atoms with Gasteiger partial charge in [0, 0.05) is 23.4 Å². The van der Waals surface area contributed by atoms with Crippen molar-refractivity contribution in [1.29, 1.82) is 0 Å². The molecule has 0 aliphatic carbocycles. The Bertz CT molecular complexity index is 760. The molecule has 20 heavy (non-hydrogen) atoms. The molecular weight excluding hydrogens is 300 g/mol. The molecule has 0 amide bonds. The fourth-order valence-corrected chi connectivity index (χ4v) is 3.77. The van der Waals surface area contributed by atoms with E-state index in [1.165, 1.54) is 24.4 Å². The van der Waals surface area contributed by atoms with E-state index >= 15 is 0 Å². The predicted octanol–water partition coefficient (Wildman–Crippen LogP) is 2.54. The smallest absolute Gasteiger partial charge is 0.258 e. The monoisotopic (exact) mass is 310 g/mol. The van der Waals surface area contributed by atoms with Crippen LogP contribution in [0.2, 0.25) is 0 Å². The highest BCUT2D eigenvalue weighted by Crippen LogP contribution is 2.35. The zero-order valence-electron chi connectivity index (χ0n) is 10.4. The first-order chi connectivity index (χ1) is 9.39. The Morgan fingerprint density at radius 2 is 1.90 bits per heavy atom. The molecule has 0 N–H and O–H groups in total. The van der Waals surface area contributed by atoms with Gasteiger partial charge in [-0.1, -0.05) is 23.9 Å². The van der Waals surface area contributed by atoms with E-state index in [0.717, 1.165) is 18.0 Å². The fourth-order valence-electron chi connectivity index (χ4n) is 1.54. The van der Waals surface area contributed by atoms with Gasteiger partial charge >= 0.3 is 5.69 Å². The summed E-state index contributed by atoms with van der Waals surface area (Å²) in [7, 11) is -3.41. The van der Waals surface area contributed by atoms with Crippen LogP contribution in [-0.2, 0) is 9.84 Å². The number of sulfone groups is 1. The maximum absolute atomic E-state index is 11.7. The lowest BCUT2D eigenvalue weighted by Gasteiger charge is -2.06. The topological polar surface area (TPSA) is 90.2 Å². The van der Waals surface area contributed by atoms with Crippen LogP contribution in [0, 0.1) is 10.1 Å². The van der Waals surface area contributed by atoms with Gasteiger partial charge in [0.2, 0.25) is 0 Å². The summed E-state index contributed by atoms with van der Waals surface area (Å²) in [5, 5.41) is 11.1. The maximum Gasteiger partial charge on any atom is 0.301 e. The van der Waals surface area contributed by atoms with Crippen LogP contribution in [0.4, 0.5) is 5.69 Å². The lowest BCUT2D eigenvalue weighted by atomic mass is 10.4. The number of aromatic nitrogens is 1. The minimum atomic E-state index is -3.41. The van der Waals surface area contributed by atoms with Crippen LogP contribution in [0.1, 0.15) is 0 Å². The van der Waals surface area contributed by atoms with Crippen LogP contribution < -0.4 is 0 Å². The van der Waals surface area contributed by atoms with E-state index in [4.69, 9.17) is 0 Å². The zero-order valence-corrected chi connectivity index (χ0v) is 12.0. The van der Waals surface area contributed by atoms with Gasteiger partial charge in [-0.15, -0.1) is 0 Å². The first-order valence-corrected chi connectivity index (χ1v) is 8.17. The Labute approximate surface area is 119 Å². The van der Waals surface area contributed by atoms with E-state index in [0.29, 0.717) is 4.90 Å². The minimum absolute atomic E-state index is 0.130. The van der Waals surface area contributed by atoms with Crippen molar-refractivity contribution in [3.8, 4) is 0 Å². The number of nitro groups is 1. The van der Waals surface area contributed by atoms with Crippen LogP contribution in [0.25, 0.3) is 0 Å².